The Morgan fingerprint density at radius 2 is 1.58 bits per heavy atom. The third-order valence-corrected chi connectivity index (χ3v) is 3.62. The van der Waals surface area contributed by atoms with E-state index in [9.17, 15) is 9.18 Å². The third-order valence-electron chi connectivity index (χ3n) is 3.13. The first-order valence-corrected chi connectivity index (χ1v) is 6.77. The van der Waals surface area contributed by atoms with Crippen molar-refractivity contribution in [1.29, 1.82) is 0 Å². The lowest BCUT2D eigenvalue weighted by Gasteiger charge is -2.08. The average molecular weight is 321 g/mol. The first-order valence-electron chi connectivity index (χ1n) is 5.97. The second-order valence-corrected chi connectivity index (χ2v) is 5.63. The number of aryl methyl sites for hydroxylation is 3. The van der Waals surface area contributed by atoms with Crippen LogP contribution in [0.3, 0.4) is 0 Å². The molecule has 2 rings (SSSR count). The molecule has 0 aromatic heterocycles. The molecule has 2 aromatic rings. The van der Waals surface area contributed by atoms with Gasteiger partial charge in [-0.05, 0) is 67.8 Å². The summed E-state index contributed by atoms with van der Waals surface area (Å²) in [6.07, 6.45) is 0. The molecule has 0 bridgehead atoms. The van der Waals surface area contributed by atoms with Crippen molar-refractivity contribution in [2.24, 2.45) is 0 Å². The van der Waals surface area contributed by atoms with Gasteiger partial charge in [0.2, 0.25) is 0 Å². The second kappa shape index (κ2) is 5.25. The predicted octanol–water partition coefficient (Wildman–Crippen LogP) is 4.74. The van der Waals surface area contributed by atoms with Crippen molar-refractivity contribution in [3.05, 3.63) is 68.4 Å². The molecular weight excluding hydrogens is 307 g/mol. The molecule has 0 unspecified atom stereocenters. The molecule has 19 heavy (non-hydrogen) atoms. The molecule has 0 fully saturated rings. The van der Waals surface area contributed by atoms with Crippen LogP contribution in [0, 0.1) is 26.6 Å². The van der Waals surface area contributed by atoms with Crippen LogP contribution < -0.4 is 0 Å². The number of benzene rings is 2. The Bertz CT molecular complexity index is 639. The van der Waals surface area contributed by atoms with Crippen molar-refractivity contribution < 1.29 is 9.18 Å². The van der Waals surface area contributed by atoms with Crippen molar-refractivity contribution in [1.82, 2.24) is 0 Å². The van der Waals surface area contributed by atoms with E-state index in [1.54, 1.807) is 32.0 Å². The van der Waals surface area contributed by atoms with Crippen molar-refractivity contribution in [2.45, 2.75) is 20.8 Å². The maximum atomic E-state index is 13.6. The molecule has 1 nitrogen and oxygen atoms in total. The van der Waals surface area contributed by atoms with Crippen LogP contribution in [0.1, 0.15) is 32.6 Å². The normalized spacial score (nSPS) is 10.6. The van der Waals surface area contributed by atoms with Gasteiger partial charge in [-0.1, -0.05) is 15.9 Å². The molecule has 0 N–H and O–H groups in total. The van der Waals surface area contributed by atoms with Crippen molar-refractivity contribution in [3.8, 4) is 0 Å². The summed E-state index contributed by atoms with van der Waals surface area (Å²) < 4.78 is 14.5. The number of rotatable bonds is 2. The topological polar surface area (TPSA) is 17.1 Å². The Hall–Kier alpha value is -1.48. The summed E-state index contributed by atoms with van der Waals surface area (Å²) in [7, 11) is 0. The van der Waals surface area contributed by atoms with E-state index in [-0.39, 0.29) is 11.6 Å². The van der Waals surface area contributed by atoms with Gasteiger partial charge in [0.25, 0.3) is 0 Å². The van der Waals surface area contributed by atoms with E-state index >= 15 is 0 Å². The van der Waals surface area contributed by atoms with E-state index in [4.69, 9.17) is 0 Å². The van der Waals surface area contributed by atoms with Gasteiger partial charge < -0.3 is 0 Å². The lowest BCUT2D eigenvalue weighted by Crippen LogP contribution is -2.05. The van der Waals surface area contributed by atoms with E-state index in [2.05, 4.69) is 15.9 Å². The number of carbonyl (C=O) groups excluding carboxylic acids is 1. The van der Waals surface area contributed by atoms with Crippen LogP contribution in [0.5, 0.6) is 0 Å². The Kier molecular flexibility index (Phi) is 3.85. The fraction of sp³-hybridized carbons (Fsp3) is 0.188. The summed E-state index contributed by atoms with van der Waals surface area (Å²) in [4.78, 5) is 12.5. The molecule has 2 aromatic carbocycles. The van der Waals surface area contributed by atoms with Gasteiger partial charge in [-0.2, -0.15) is 0 Å². The lowest BCUT2D eigenvalue weighted by atomic mass is 9.96. The van der Waals surface area contributed by atoms with Crippen molar-refractivity contribution in [2.75, 3.05) is 0 Å². The van der Waals surface area contributed by atoms with Gasteiger partial charge in [0.05, 0.1) is 0 Å². The lowest BCUT2D eigenvalue weighted by molar-refractivity contribution is 0.103. The van der Waals surface area contributed by atoms with Crippen LogP contribution in [0.4, 0.5) is 4.39 Å². The number of hydrogen-bond acceptors (Lipinski definition) is 1. The van der Waals surface area contributed by atoms with E-state index < -0.39 is 0 Å². The van der Waals surface area contributed by atoms with Gasteiger partial charge in [-0.25, -0.2) is 4.39 Å². The van der Waals surface area contributed by atoms with Crippen LogP contribution in [-0.4, -0.2) is 5.78 Å². The fourth-order valence-corrected chi connectivity index (χ4v) is 2.59. The summed E-state index contributed by atoms with van der Waals surface area (Å²) in [5.41, 5.74) is 3.07. The molecule has 0 saturated carbocycles. The largest absolute Gasteiger partial charge is 0.289 e. The predicted molar refractivity (Wildman–Crippen MR) is 78.2 cm³/mol. The van der Waals surface area contributed by atoms with Crippen LogP contribution in [0.2, 0.25) is 0 Å². The Balaban J connectivity index is 2.50. The van der Waals surface area contributed by atoms with Gasteiger partial charge in [0.15, 0.2) is 5.78 Å². The minimum Gasteiger partial charge on any atom is -0.289 e. The molecule has 3 heteroatoms. The fourth-order valence-electron chi connectivity index (χ4n) is 2.11. The molecule has 0 heterocycles. The first-order chi connectivity index (χ1) is 8.90. The third kappa shape index (κ3) is 2.76. The molecule has 0 saturated heterocycles. The van der Waals surface area contributed by atoms with Crippen LogP contribution >= 0.6 is 15.9 Å². The number of carbonyl (C=O) groups is 1. The molecule has 98 valence electrons. The van der Waals surface area contributed by atoms with Crippen LogP contribution in [-0.2, 0) is 0 Å². The van der Waals surface area contributed by atoms with Crippen molar-refractivity contribution in [3.63, 3.8) is 0 Å². The highest BCUT2D eigenvalue weighted by molar-refractivity contribution is 9.10. The molecule has 0 aliphatic rings. The standard InChI is InChI=1S/C16H14BrFO/c1-9-8-13(17)4-5-14(9)16(19)12-6-10(2)15(18)11(3)7-12/h4-8H,1-3H3. The molecule has 0 radical (unpaired) electrons. The van der Waals surface area contributed by atoms with Gasteiger partial charge in [-0.3, -0.25) is 4.79 Å². The Morgan fingerprint density at radius 3 is 2.11 bits per heavy atom. The van der Waals surface area contributed by atoms with E-state index in [0.29, 0.717) is 22.3 Å². The molecule has 0 aliphatic heterocycles. The SMILES string of the molecule is Cc1cc(Br)ccc1C(=O)c1cc(C)c(F)c(C)c1. The van der Waals surface area contributed by atoms with Crippen LogP contribution in [0.15, 0.2) is 34.8 Å². The van der Waals surface area contributed by atoms with Gasteiger partial charge in [0.1, 0.15) is 5.82 Å². The summed E-state index contributed by atoms with van der Waals surface area (Å²) in [6, 6.07) is 8.73. The van der Waals surface area contributed by atoms with Gasteiger partial charge >= 0.3 is 0 Å². The molecule has 0 atom stereocenters. The second-order valence-electron chi connectivity index (χ2n) is 4.71. The van der Waals surface area contributed by atoms with Crippen molar-refractivity contribution >= 4 is 21.7 Å². The highest BCUT2D eigenvalue weighted by Gasteiger charge is 2.14. The highest BCUT2D eigenvalue weighted by Crippen LogP contribution is 2.21. The molecular formula is C16H14BrFO. The smallest absolute Gasteiger partial charge is 0.193 e. The van der Waals surface area contributed by atoms with E-state index in [0.717, 1.165) is 10.0 Å². The highest BCUT2D eigenvalue weighted by atomic mass is 79.9. The maximum Gasteiger partial charge on any atom is 0.193 e. The van der Waals surface area contributed by atoms with Gasteiger partial charge in [0, 0.05) is 15.6 Å². The van der Waals surface area contributed by atoms with E-state index in [1.807, 2.05) is 19.1 Å². The summed E-state index contributed by atoms with van der Waals surface area (Å²) >= 11 is 3.37. The van der Waals surface area contributed by atoms with Gasteiger partial charge in [-0.15, -0.1) is 0 Å². The molecule has 0 aliphatic carbocycles. The Labute approximate surface area is 120 Å². The minimum absolute atomic E-state index is 0.0730. The molecule has 0 spiro atoms. The van der Waals surface area contributed by atoms with E-state index in [1.165, 1.54) is 0 Å². The summed E-state index contributed by atoms with van der Waals surface area (Å²) in [6.45, 7) is 5.24. The number of hydrogen-bond donors (Lipinski definition) is 0. The Morgan fingerprint density at radius 1 is 1.00 bits per heavy atom. The number of ketones is 1. The maximum absolute atomic E-state index is 13.6. The summed E-state index contributed by atoms with van der Waals surface area (Å²) in [5.74, 6) is -0.319. The zero-order valence-corrected chi connectivity index (χ0v) is 12.6. The first kappa shape index (κ1) is 13.9. The van der Waals surface area contributed by atoms with Crippen LogP contribution in [0.25, 0.3) is 0 Å². The zero-order chi connectivity index (χ0) is 14.2. The summed E-state index contributed by atoms with van der Waals surface area (Å²) in [5, 5.41) is 0. The molecule has 0 amide bonds. The zero-order valence-electron chi connectivity index (χ0n) is 11.1. The monoisotopic (exact) mass is 320 g/mol. The quantitative estimate of drug-likeness (QED) is 0.730. The number of halogens is 2. The minimum atomic E-state index is -0.246. The average Bonchev–Trinajstić information content (AvgIpc) is 2.34.